The Balaban J connectivity index is 1.86. The smallest absolute Gasteiger partial charge is 0.349 e. The van der Waals surface area contributed by atoms with Crippen LogP contribution in [0.25, 0.3) is 28.0 Å². The Kier molecular flexibility index (Phi) is 8.43. The second kappa shape index (κ2) is 11.9. The molecule has 0 N–H and O–H groups in total. The summed E-state index contributed by atoms with van der Waals surface area (Å²) in [5.41, 5.74) is 3.03. The molecule has 4 aromatic rings. The van der Waals surface area contributed by atoms with Gasteiger partial charge in [0.15, 0.2) is 5.65 Å². The topological polar surface area (TPSA) is 71.3 Å². The fraction of sp³-hybridized carbons (Fsp3) is 0.353. The average Bonchev–Trinajstić information content (AvgIpc) is 2.97. The molecule has 1 saturated heterocycles. The summed E-state index contributed by atoms with van der Waals surface area (Å²) in [5, 5.41) is 0.814. The molecule has 1 fully saturated rings. The van der Waals surface area contributed by atoms with Crippen LogP contribution in [0.5, 0.6) is 0 Å². The monoisotopic (exact) mass is 601 g/mol. The first-order chi connectivity index (χ1) is 20.4. The van der Waals surface area contributed by atoms with E-state index in [-0.39, 0.29) is 46.1 Å². The summed E-state index contributed by atoms with van der Waals surface area (Å²) >= 11 is 6.84. The summed E-state index contributed by atoms with van der Waals surface area (Å²) in [6.45, 7) is 16.8. The van der Waals surface area contributed by atoms with E-state index >= 15 is 4.39 Å². The summed E-state index contributed by atoms with van der Waals surface area (Å²) in [5.74, 6) is 0.0345. The lowest BCUT2D eigenvalue weighted by Gasteiger charge is -2.44. The highest BCUT2D eigenvalue weighted by Gasteiger charge is 2.34. The number of piperazine rings is 1. The normalized spacial score (nSPS) is 17.3. The predicted octanol–water partition coefficient (Wildman–Crippen LogP) is 7.10. The molecule has 5 rings (SSSR count). The van der Waals surface area contributed by atoms with Crippen molar-refractivity contribution in [2.75, 3.05) is 18.0 Å². The average molecular weight is 602 g/mol. The van der Waals surface area contributed by atoms with E-state index in [0.29, 0.717) is 29.9 Å². The fourth-order valence-electron chi connectivity index (χ4n) is 5.98. The Labute approximate surface area is 256 Å². The molecule has 2 unspecified atom stereocenters. The number of pyridine rings is 1. The lowest BCUT2D eigenvalue weighted by molar-refractivity contribution is -0.128. The van der Waals surface area contributed by atoms with Crippen molar-refractivity contribution in [3.05, 3.63) is 93.6 Å². The van der Waals surface area contributed by atoms with Gasteiger partial charge in [-0.15, -0.1) is 0 Å². The van der Waals surface area contributed by atoms with Crippen LogP contribution < -0.4 is 10.6 Å². The Morgan fingerprint density at radius 2 is 1.65 bits per heavy atom. The van der Waals surface area contributed by atoms with Crippen molar-refractivity contribution in [2.24, 2.45) is 0 Å². The van der Waals surface area contributed by atoms with Gasteiger partial charge in [-0.1, -0.05) is 76.2 Å². The molecule has 1 aliphatic heterocycles. The third kappa shape index (κ3) is 5.44. The van der Waals surface area contributed by atoms with E-state index in [9.17, 15) is 9.59 Å². The molecule has 0 bridgehead atoms. The van der Waals surface area contributed by atoms with Gasteiger partial charge in [0.2, 0.25) is 5.91 Å². The van der Waals surface area contributed by atoms with Gasteiger partial charge in [-0.2, -0.15) is 4.98 Å². The van der Waals surface area contributed by atoms with Crippen molar-refractivity contribution in [2.45, 2.75) is 65.5 Å². The van der Waals surface area contributed by atoms with Crippen LogP contribution in [0.15, 0.2) is 66.0 Å². The maximum absolute atomic E-state index is 15.1. The molecule has 1 aliphatic rings. The number of amides is 1. The molecule has 224 valence electrons. The Hall–Kier alpha value is -4.04. The number of hydrogen-bond donors (Lipinski definition) is 0. The number of hydrogen-bond acceptors (Lipinski definition) is 5. The summed E-state index contributed by atoms with van der Waals surface area (Å²) in [4.78, 5) is 40.2. The summed E-state index contributed by atoms with van der Waals surface area (Å²) in [7, 11) is 0. The molecule has 1 amide bonds. The first-order valence-corrected chi connectivity index (χ1v) is 15.0. The molecule has 9 heteroatoms. The zero-order chi connectivity index (χ0) is 31.2. The molecule has 0 radical (unpaired) electrons. The minimum atomic E-state index is -0.490. The zero-order valence-corrected chi connectivity index (χ0v) is 26.2. The third-order valence-electron chi connectivity index (χ3n) is 8.21. The summed E-state index contributed by atoms with van der Waals surface area (Å²) in [6.07, 6.45) is 1.32. The highest BCUT2D eigenvalue weighted by Crippen LogP contribution is 2.38. The van der Waals surface area contributed by atoms with Crippen LogP contribution in [0.1, 0.15) is 64.5 Å². The first kappa shape index (κ1) is 30.4. The molecule has 2 aromatic carbocycles. The second-order valence-electron chi connectivity index (χ2n) is 11.9. The molecule has 7 nitrogen and oxygen atoms in total. The van der Waals surface area contributed by atoms with Gasteiger partial charge in [0.25, 0.3) is 0 Å². The van der Waals surface area contributed by atoms with Crippen molar-refractivity contribution in [3.63, 3.8) is 0 Å². The minimum Gasteiger partial charge on any atom is -0.349 e. The maximum Gasteiger partial charge on any atom is 0.355 e. The van der Waals surface area contributed by atoms with Crippen molar-refractivity contribution in [1.82, 2.24) is 19.4 Å². The molecule has 0 aliphatic carbocycles. The highest BCUT2D eigenvalue weighted by molar-refractivity contribution is 6.33. The van der Waals surface area contributed by atoms with Crippen molar-refractivity contribution < 1.29 is 9.18 Å². The molecule has 0 spiro atoms. The predicted molar refractivity (Wildman–Crippen MR) is 172 cm³/mol. The molecule has 2 aromatic heterocycles. The lowest BCUT2D eigenvalue weighted by Crippen LogP contribution is -2.58. The molecular weight excluding hydrogens is 565 g/mol. The molecule has 2 atom stereocenters. The van der Waals surface area contributed by atoms with Gasteiger partial charge >= 0.3 is 5.69 Å². The van der Waals surface area contributed by atoms with E-state index in [1.807, 2.05) is 36.9 Å². The molecular formula is C34H37ClFN5O2. The first-order valence-electron chi connectivity index (χ1n) is 14.7. The van der Waals surface area contributed by atoms with Crippen molar-refractivity contribution >= 4 is 34.4 Å². The third-order valence-corrected chi connectivity index (χ3v) is 8.50. The molecule has 3 heterocycles. The van der Waals surface area contributed by atoms with E-state index in [1.165, 1.54) is 12.1 Å². The number of benzene rings is 2. The van der Waals surface area contributed by atoms with E-state index in [4.69, 9.17) is 16.6 Å². The van der Waals surface area contributed by atoms with E-state index in [0.717, 1.165) is 16.8 Å². The zero-order valence-electron chi connectivity index (χ0n) is 25.4. The Morgan fingerprint density at radius 1 is 1.00 bits per heavy atom. The fourth-order valence-corrected chi connectivity index (χ4v) is 6.24. The van der Waals surface area contributed by atoms with Gasteiger partial charge in [-0.3, -0.25) is 4.79 Å². The number of anilines is 1. The number of nitrogens with zero attached hydrogens (tertiary/aromatic N) is 5. The summed E-state index contributed by atoms with van der Waals surface area (Å²) in [6, 6.07) is 13.8. The Morgan fingerprint density at radius 3 is 2.26 bits per heavy atom. The number of aromatic nitrogens is 3. The Bertz CT molecular complexity index is 1760. The van der Waals surface area contributed by atoms with E-state index in [2.05, 4.69) is 39.3 Å². The highest BCUT2D eigenvalue weighted by atomic mass is 35.5. The number of carbonyl (C=O) groups excluding carboxylic acids is 1. The van der Waals surface area contributed by atoms with Crippen LogP contribution in [0.3, 0.4) is 0 Å². The van der Waals surface area contributed by atoms with Gasteiger partial charge < -0.3 is 9.80 Å². The van der Waals surface area contributed by atoms with Crippen LogP contribution in [0.4, 0.5) is 10.2 Å². The van der Waals surface area contributed by atoms with Gasteiger partial charge in [-0.05, 0) is 61.1 Å². The second-order valence-corrected chi connectivity index (χ2v) is 12.3. The van der Waals surface area contributed by atoms with Crippen LogP contribution in [-0.2, 0) is 4.79 Å². The van der Waals surface area contributed by atoms with Gasteiger partial charge in [0.1, 0.15) is 11.6 Å². The van der Waals surface area contributed by atoms with Gasteiger partial charge in [0.05, 0.1) is 21.8 Å². The molecule has 43 heavy (non-hydrogen) atoms. The van der Waals surface area contributed by atoms with Crippen molar-refractivity contribution in [1.29, 1.82) is 0 Å². The standard InChI is InChI=1S/C34H37ClFN5O2/c1-8-29(42)39-17-22(7)40(18-21(39)6)32-26-16-27(35)30(25-12-9-10-15-28(25)36)37-33(26)41(34(43)38-32)31-23(19(2)3)13-11-14-24(31)20(4)5/h8-16,19-22H,1,17-18H2,2-7H3. The lowest BCUT2D eigenvalue weighted by atomic mass is 9.92. The number of para-hydroxylation sites is 1. The number of carbonyl (C=O) groups is 1. The largest absolute Gasteiger partial charge is 0.355 e. The number of halogens is 2. The van der Waals surface area contributed by atoms with Gasteiger partial charge in [0, 0.05) is 30.7 Å². The van der Waals surface area contributed by atoms with E-state index < -0.39 is 11.5 Å². The van der Waals surface area contributed by atoms with E-state index in [1.54, 1.807) is 33.7 Å². The van der Waals surface area contributed by atoms with Crippen LogP contribution >= 0.6 is 11.6 Å². The molecule has 0 saturated carbocycles. The quantitative estimate of drug-likeness (QED) is 0.221. The minimum absolute atomic E-state index is 0.102. The maximum atomic E-state index is 15.1. The SMILES string of the molecule is C=CC(=O)N1CC(C)N(c2nc(=O)n(-c3c(C(C)C)cccc3C(C)C)c3nc(-c4ccccc4F)c(Cl)cc23)CC1C. The van der Waals surface area contributed by atoms with Gasteiger partial charge in [-0.25, -0.2) is 18.7 Å². The van der Waals surface area contributed by atoms with Crippen molar-refractivity contribution in [3.8, 4) is 16.9 Å². The summed E-state index contributed by atoms with van der Waals surface area (Å²) < 4.78 is 16.6. The van der Waals surface area contributed by atoms with Crippen LogP contribution in [-0.4, -0.2) is 50.5 Å². The van der Waals surface area contributed by atoms with Crippen LogP contribution in [0, 0.1) is 5.82 Å². The van der Waals surface area contributed by atoms with Crippen LogP contribution in [0.2, 0.25) is 5.02 Å². The number of fused-ring (bicyclic) bond motifs is 1. The number of rotatable bonds is 6.